The topological polar surface area (TPSA) is 120 Å². The number of methoxy groups -OCH3 is 1. The van der Waals surface area contributed by atoms with Crippen LogP contribution in [0, 0.1) is 5.82 Å². The summed E-state index contributed by atoms with van der Waals surface area (Å²) < 4.78 is 26.0. The number of anilines is 2. The average Bonchev–Trinajstić information content (AvgIpc) is 3.33. The first-order valence-corrected chi connectivity index (χ1v) is 14.8. The highest BCUT2D eigenvalue weighted by Gasteiger charge is 2.33. The summed E-state index contributed by atoms with van der Waals surface area (Å²) in [6.07, 6.45) is 1.03. The molecule has 5 rings (SSSR count). The van der Waals surface area contributed by atoms with Crippen LogP contribution < -0.4 is 15.0 Å². The molecule has 0 spiro atoms. The van der Waals surface area contributed by atoms with Crippen molar-refractivity contribution in [1.82, 2.24) is 19.8 Å². The zero-order valence-electron chi connectivity index (χ0n) is 23.9. The van der Waals surface area contributed by atoms with Gasteiger partial charge in [-0.15, -0.1) is 11.8 Å². The fraction of sp³-hybridized carbons (Fsp3) is 0.448. The van der Waals surface area contributed by atoms with E-state index in [1.807, 2.05) is 36.0 Å². The fourth-order valence-electron chi connectivity index (χ4n) is 5.24. The second-order valence-corrected chi connectivity index (χ2v) is 11.8. The van der Waals surface area contributed by atoms with Crippen LogP contribution in [0.4, 0.5) is 20.6 Å². The maximum atomic E-state index is 15.1. The van der Waals surface area contributed by atoms with Crippen LogP contribution in [0.1, 0.15) is 18.4 Å². The van der Waals surface area contributed by atoms with Gasteiger partial charge in [0.15, 0.2) is 0 Å². The van der Waals surface area contributed by atoms with Crippen molar-refractivity contribution in [3.63, 3.8) is 0 Å². The van der Waals surface area contributed by atoms with Crippen LogP contribution in [0.25, 0.3) is 11.0 Å². The molecule has 1 saturated heterocycles. The molecule has 0 radical (unpaired) electrons. The zero-order valence-corrected chi connectivity index (χ0v) is 24.7. The van der Waals surface area contributed by atoms with Gasteiger partial charge in [-0.1, -0.05) is 0 Å². The Balaban J connectivity index is 1.25. The van der Waals surface area contributed by atoms with Crippen molar-refractivity contribution in [3.8, 4) is 5.88 Å². The van der Waals surface area contributed by atoms with Crippen molar-refractivity contribution in [3.05, 3.63) is 47.9 Å². The van der Waals surface area contributed by atoms with E-state index in [4.69, 9.17) is 9.47 Å². The molecule has 0 aliphatic carbocycles. The van der Waals surface area contributed by atoms with Gasteiger partial charge in [-0.25, -0.2) is 14.2 Å². The Labute approximate surface area is 248 Å². The molecular weight excluding hydrogens is 563 g/mol. The van der Waals surface area contributed by atoms with E-state index in [1.54, 1.807) is 23.1 Å². The third kappa shape index (κ3) is 7.09. The van der Waals surface area contributed by atoms with Crippen LogP contribution in [0.15, 0.2) is 41.4 Å². The molecule has 0 bridgehead atoms. The molecule has 3 aromatic rings. The van der Waals surface area contributed by atoms with Gasteiger partial charge in [0, 0.05) is 41.8 Å². The number of cyclic esters (lactones) is 1. The number of pyridine rings is 2. The lowest BCUT2D eigenvalue weighted by molar-refractivity contribution is -0.113. The van der Waals surface area contributed by atoms with Crippen LogP contribution in [-0.2, 0) is 16.1 Å². The molecule has 2 N–H and O–H groups in total. The lowest BCUT2D eigenvalue weighted by Crippen LogP contribution is -2.38. The van der Waals surface area contributed by atoms with Crippen molar-refractivity contribution in [2.45, 2.75) is 36.5 Å². The number of nitrogens with zero attached hydrogens (tertiary/aromatic N) is 5. The first-order chi connectivity index (χ1) is 20.2. The Kier molecular flexibility index (Phi) is 9.41. The number of carbonyl (C=O) groups excluding carboxylic acids is 2. The predicted molar refractivity (Wildman–Crippen MR) is 159 cm³/mol. The monoisotopic (exact) mass is 598 g/mol. The Morgan fingerprint density at radius 1 is 1.26 bits per heavy atom. The summed E-state index contributed by atoms with van der Waals surface area (Å²) in [4.78, 5) is 39.6. The van der Waals surface area contributed by atoms with E-state index in [1.165, 1.54) is 25.1 Å². The molecule has 2 aliphatic heterocycles. The van der Waals surface area contributed by atoms with E-state index >= 15 is 4.39 Å². The summed E-state index contributed by atoms with van der Waals surface area (Å²) in [5.41, 5.74) is 2.72. The number of halogens is 1. The number of hydrogen-bond donors (Lipinski definition) is 2. The predicted octanol–water partition coefficient (Wildman–Crippen LogP) is 3.35. The SMILES string of the molecule is COc1ccc2ncc(F)c(CN(CCCC3CN(c4ccc5c(c4)NC(=O)CS5)C(=O)O3)CC(O)CN(C)C)c2n1. The second-order valence-electron chi connectivity index (χ2n) is 10.7. The molecule has 42 heavy (non-hydrogen) atoms. The minimum Gasteiger partial charge on any atom is -0.481 e. The van der Waals surface area contributed by atoms with Crippen molar-refractivity contribution in [2.24, 2.45) is 0 Å². The molecule has 13 heteroatoms. The van der Waals surface area contributed by atoms with E-state index in [2.05, 4.69) is 15.3 Å². The summed E-state index contributed by atoms with van der Waals surface area (Å²) >= 11 is 1.46. The largest absolute Gasteiger partial charge is 0.481 e. The molecule has 2 atom stereocenters. The van der Waals surface area contributed by atoms with Gasteiger partial charge in [0.2, 0.25) is 11.8 Å². The van der Waals surface area contributed by atoms with Gasteiger partial charge in [-0.2, -0.15) is 0 Å². The van der Waals surface area contributed by atoms with Crippen LogP contribution in [0.3, 0.4) is 0 Å². The van der Waals surface area contributed by atoms with Crippen molar-refractivity contribution in [1.29, 1.82) is 0 Å². The molecule has 2 aliphatic rings. The highest BCUT2D eigenvalue weighted by Crippen LogP contribution is 2.35. The third-order valence-electron chi connectivity index (χ3n) is 7.16. The minimum absolute atomic E-state index is 0.0682. The Hall–Kier alpha value is -3.52. The highest BCUT2D eigenvalue weighted by atomic mass is 32.2. The number of aliphatic hydroxyl groups excluding tert-OH is 1. The normalized spacial score (nSPS) is 17.5. The summed E-state index contributed by atoms with van der Waals surface area (Å²) in [6.45, 7) is 1.91. The summed E-state index contributed by atoms with van der Waals surface area (Å²) in [7, 11) is 5.27. The molecule has 11 nitrogen and oxygen atoms in total. The molecule has 0 saturated carbocycles. The number of fused-ring (bicyclic) bond motifs is 2. The number of aliphatic hydroxyl groups is 1. The van der Waals surface area contributed by atoms with Gasteiger partial charge < -0.3 is 24.8 Å². The van der Waals surface area contributed by atoms with Gasteiger partial charge in [-0.05, 0) is 57.7 Å². The van der Waals surface area contributed by atoms with Crippen molar-refractivity contribution < 1.29 is 28.6 Å². The summed E-state index contributed by atoms with van der Waals surface area (Å²) in [5, 5.41) is 13.6. The number of ether oxygens (including phenoxy) is 2. The quantitative estimate of drug-likeness (QED) is 0.321. The molecule has 1 fully saturated rings. The number of benzene rings is 1. The number of thioether (sulfide) groups is 1. The third-order valence-corrected chi connectivity index (χ3v) is 8.23. The Morgan fingerprint density at radius 2 is 2.10 bits per heavy atom. The number of likely N-dealkylation sites (N-methyl/N-ethyl adjacent to an activating group) is 1. The van der Waals surface area contributed by atoms with Crippen LogP contribution in [-0.4, -0.2) is 102 Å². The molecule has 2 amide bonds. The van der Waals surface area contributed by atoms with E-state index in [9.17, 15) is 14.7 Å². The van der Waals surface area contributed by atoms with Gasteiger partial charge in [-0.3, -0.25) is 19.6 Å². The lowest BCUT2D eigenvalue weighted by Gasteiger charge is -2.27. The maximum absolute atomic E-state index is 15.1. The molecule has 1 aromatic carbocycles. The Bertz CT molecular complexity index is 1460. The molecular formula is C29H35FN6O5S. The number of carbonyl (C=O) groups is 2. The van der Waals surface area contributed by atoms with E-state index in [0.717, 1.165) is 4.90 Å². The first kappa shape index (κ1) is 30.0. The van der Waals surface area contributed by atoms with Gasteiger partial charge in [0.05, 0.1) is 42.9 Å². The zero-order chi connectivity index (χ0) is 29.8. The smallest absolute Gasteiger partial charge is 0.414 e. The van der Waals surface area contributed by atoms with Gasteiger partial charge in [0.1, 0.15) is 17.4 Å². The van der Waals surface area contributed by atoms with E-state index in [0.29, 0.717) is 78.6 Å². The lowest BCUT2D eigenvalue weighted by atomic mass is 10.1. The summed E-state index contributed by atoms with van der Waals surface area (Å²) in [5.74, 6) is 0.192. The van der Waals surface area contributed by atoms with E-state index in [-0.39, 0.29) is 18.6 Å². The number of aromatic nitrogens is 2. The number of nitrogens with one attached hydrogen (secondary N) is 1. The standard InChI is InChI=1S/C29H35FN6O5S/c1-34(2)13-19(37)14-35(16-21-22(30)12-31-23-7-9-27(40-3)33-28(21)23)10-4-5-20-15-36(29(39)41-20)18-6-8-25-24(11-18)32-26(38)17-42-25/h6-9,11-12,19-20,37H,4-5,10,13-17H2,1-3H3,(H,32,38). The van der Waals surface area contributed by atoms with E-state index < -0.39 is 18.0 Å². The maximum Gasteiger partial charge on any atom is 0.414 e. The van der Waals surface area contributed by atoms with Crippen molar-refractivity contribution in [2.75, 3.05) is 63.4 Å². The van der Waals surface area contributed by atoms with Crippen molar-refractivity contribution >= 4 is 46.2 Å². The number of rotatable bonds is 12. The molecule has 2 aromatic heterocycles. The number of amides is 2. The molecule has 2 unspecified atom stereocenters. The number of hydrogen-bond acceptors (Lipinski definition) is 10. The van der Waals surface area contributed by atoms with Gasteiger partial charge in [0.25, 0.3) is 0 Å². The van der Waals surface area contributed by atoms with Crippen LogP contribution in [0.5, 0.6) is 5.88 Å². The highest BCUT2D eigenvalue weighted by molar-refractivity contribution is 8.00. The average molecular weight is 599 g/mol. The van der Waals surface area contributed by atoms with Crippen LogP contribution >= 0.6 is 11.8 Å². The second kappa shape index (κ2) is 13.2. The van der Waals surface area contributed by atoms with Crippen LogP contribution in [0.2, 0.25) is 0 Å². The minimum atomic E-state index is -0.652. The Morgan fingerprint density at radius 3 is 2.88 bits per heavy atom. The summed E-state index contributed by atoms with van der Waals surface area (Å²) in [6, 6.07) is 8.98. The first-order valence-electron chi connectivity index (χ1n) is 13.8. The molecule has 224 valence electrons. The van der Waals surface area contributed by atoms with Gasteiger partial charge >= 0.3 is 6.09 Å². The fourth-order valence-corrected chi connectivity index (χ4v) is 6.03. The molecule has 4 heterocycles.